The second-order valence-electron chi connectivity index (χ2n) is 3.96. The maximum atomic E-state index is 12.1. The highest BCUT2D eigenvalue weighted by Crippen LogP contribution is 2.23. The second kappa shape index (κ2) is 5.47. The number of benzene rings is 1. The van der Waals surface area contributed by atoms with Crippen molar-refractivity contribution in [3.63, 3.8) is 0 Å². The van der Waals surface area contributed by atoms with Crippen molar-refractivity contribution in [1.82, 2.24) is 4.98 Å². The van der Waals surface area contributed by atoms with Gasteiger partial charge in [0.05, 0.1) is 11.3 Å². The highest BCUT2D eigenvalue weighted by molar-refractivity contribution is 7.92. The third-order valence-electron chi connectivity index (χ3n) is 2.54. The molecule has 0 unspecified atom stereocenters. The van der Waals surface area contributed by atoms with E-state index < -0.39 is 16.0 Å². The molecule has 21 heavy (non-hydrogen) atoms. The molecule has 0 aliphatic heterocycles. The van der Waals surface area contributed by atoms with Gasteiger partial charge in [0, 0.05) is 11.2 Å². The van der Waals surface area contributed by atoms with Gasteiger partial charge in [-0.3, -0.25) is 4.72 Å². The number of aromatic nitrogens is 1. The first kappa shape index (κ1) is 14.9. The topological polar surface area (TPSA) is 123 Å². The number of hydrogen-bond acceptors (Lipinski definition) is 4. The van der Waals surface area contributed by atoms with Crippen LogP contribution in [0.5, 0.6) is 0 Å². The molecule has 1 aromatic carbocycles. The molecule has 0 saturated carbocycles. The minimum Gasteiger partial charge on any atom is -0.477 e. The third-order valence-corrected chi connectivity index (χ3v) is 4.12. The zero-order valence-electron chi connectivity index (χ0n) is 10.3. The first-order valence-corrected chi connectivity index (χ1v) is 7.34. The summed E-state index contributed by atoms with van der Waals surface area (Å²) in [6, 6.07) is 6.93. The summed E-state index contributed by atoms with van der Waals surface area (Å²) < 4.78 is 26.5. The number of rotatable bonds is 4. The molecule has 0 atom stereocenters. The first-order chi connectivity index (χ1) is 9.83. The number of H-pyrrole nitrogens is 1. The summed E-state index contributed by atoms with van der Waals surface area (Å²) in [5, 5.41) is 18.0. The molecular formula is C12H8ClN3O4S. The summed E-state index contributed by atoms with van der Waals surface area (Å²) in [6.45, 7) is 0. The Bertz CT molecular complexity index is 852. The summed E-state index contributed by atoms with van der Waals surface area (Å²) in [5.74, 6) is -1.28. The predicted octanol–water partition coefficient (Wildman–Crippen LogP) is 2.04. The van der Waals surface area contributed by atoms with E-state index in [1.165, 1.54) is 18.2 Å². The van der Waals surface area contributed by atoms with Crippen molar-refractivity contribution in [3.05, 3.63) is 46.7 Å². The Hall–Kier alpha value is -2.50. The Morgan fingerprint density at radius 2 is 2.10 bits per heavy atom. The standard InChI is InChI=1S/C12H8ClN3O4S/c13-8-2-1-7(5-14)10(3-8)16-21(19,20)9-4-11(12(17)18)15-6-9/h1-4,6,15-16H,(H,17,18). The Morgan fingerprint density at radius 1 is 1.38 bits per heavy atom. The lowest BCUT2D eigenvalue weighted by atomic mass is 10.2. The van der Waals surface area contributed by atoms with Crippen LogP contribution in [0.15, 0.2) is 35.4 Å². The molecule has 1 aromatic heterocycles. The van der Waals surface area contributed by atoms with E-state index in [2.05, 4.69) is 9.71 Å². The number of anilines is 1. The van der Waals surface area contributed by atoms with Crippen molar-refractivity contribution >= 4 is 33.3 Å². The second-order valence-corrected chi connectivity index (χ2v) is 6.08. The van der Waals surface area contributed by atoms with Gasteiger partial charge in [-0.2, -0.15) is 5.26 Å². The molecule has 9 heteroatoms. The molecule has 0 aliphatic rings. The molecule has 0 bridgehead atoms. The number of carboxylic acid groups (broad SMARTS) is 1. The van der Waals surface area contributed by atoms with E-state index in [9.17, 15) is 13.2 Å². The lowest BCUT2D eigenvalue weighted by Crippen LogP contribution is -2.13. The summed E-state index contributed by atoms with van der Waals surface area (Å²) in [6.07, 6.45) is 1.04. The lowest BCUT2D eigenvalue weighted by Gasteiger charge is -2.08. The molecule has 0 fully saturated rings. The van der Waals surface area contributed by atoms with Crippen LogP contribution in [-0.2, 0) is 10.0 Å². The van der Waals surface area contributed by atoms with Gasteiger partial charge in [-0.15, -0.1) is 0 Å². The smallest absolute Gasteiger partial charge is 0.352 e. The van der Waals surface area contributed by atoms with E-state index in [1.807, 2.05) is 6.07 Å². The van der Waals surface area contributed by atoms with Gasteiger partial charge >= 0.3 is 5.97 Å². The number of carboxylic acids is 1. The highest BCUT2D eigenvalue weighted by atomic mass is 35.5. The van der Waals surface area contributed by atoms with Crippen molar-refractivity contribution in [3.8, 4) is 6.07 Å². The number of carbonyl (C=O) groups is 1. The number of aromatic carboxylic acids is 1. The average Bonchev–Trinajstić information content (AvgIpc) is 2.89. The maximum absolute atomic E-state index is 12.1. The van der Waals surface area contributed by atoms with E-state index in [0.717, 1.165) is 12.3 Å². The van der Waals surface area contributed by atoms with Crippen LogP contribution in [-0.4, -0.2) is 24.5 Å². The molecule has 108 valence electrons. The molecule has 2 rings (SSSR count). The third kappa shape index (κ3) is 3.16. The van der Waals surface area contributed by atoms with Gasteiger partial charge in [0.25, 0.3) is 10.0 Å². The van der Waals surface area contributed by atoms with Crippen LogP contribution in [0.25, 0.3) is 0 Å². The van der Waals surface area contributed by atoms with Crippen LogP contribution in [0, 0.1) is 11.3 Å². The molecular weight excluding hydrogens is 318 g/mol. The fraction of sp³-hybridized carbons (Fsp3) is 0. The fourth-order valence-corrected chi connectivity index (χ4v) is 2.79. The van der Waals surface area contributed by atoms with Crippen LogP contribution in [0.3, 0.4) is 0 Å². The molecule has 0 saturated heterocycles. The van der Waals surface area contributed by atoms with Crippen LogP contribution in [0.2, 0.25) is 5.02 Å². The molecule has 0 amide bonds. The van der Waals surface area contributed by atoms with E-state index >= 15 is 0 Å². The van der Waals surface area contributed by atoms with Gasteiger partial charge in [-0.1, -0.05) is 11.6 Å². The van der Waals surface area contributed by atoms with Crippen molar-refractivity contribution in [2.75, 3.05) is 4.72 Å². The Morgan fingerprint density at radius 3 is 2.67 bits per heavy atom. The zero-order valence-corrected chi connectivity index (χ0v) is 11.9. The van der Waals surface area contributed by atoms with Crippen molar-refractivity contribution < 1.29 is 18.3 Å². The number of nitrogens with zero attached hydrogens (tertiary/aromatic N) is 1. The number of nitriles is 1. The van der Waals surface area contributed by atoms with E-state index in [1.54, 1.807) is 0 Å². The lowest BCUT2D eigenvalue weighted by molar-refractivity contribution is 0.0691. The number of nitrogens with one attached hydrogen (secondary N) is 2. The number of hydrogen-bond donors (Lipinski definition) is 3. The molecule has 3 N–H and O–H groups in total. The number of sulfonamides is 1. The average molecular weight is 326 g/mol. The van der Waals surface area contributed by atoms with Crippen molar-refractivity contribution in [1.29, 1.82) is 5.26 Å². The normalized spacial score (nSPS) is 10.9. The van der Waals surface area contributed by atoms with Crippen LogP contribution < -0.4 is 4.72 Å². The van der Waals surface area contributed by atoms with Gasteiger partial charge < -0.3 is 10.1 Å². The monoisotopic (exact) mass is 325 g/mol. The van der Waals surface area contributed by atoms with Crippen LogP contribution in [0.4, 0.5) is 5.69 Å². The van der Waals surface area contributed by atoms with Crippen LogP contribution in [0.1, 0.15) is 16.1 Å². The predicted molar refractivity (Wildman–Crippen MR) is 74.7 cm³/mol. The molecule has 0 radical (unpaired) electrons. The van der Waals surface area contributed by atoms with E-state index in [-0.39, 0.29) is 26.9 Å². The van der Waals surface area contributed by atoms with Gasteiger partial charge in [0.2, 0.25) is 0 Å². The number of aromatic amines is 1. The first-order valence-electron chi connectivity index (χ1n) is 5.47. The van der Waals surface area contributed by atoms with E-state index in [4.69, 9.17) is 22.0 Å². The molecule has 7 nitrogen and oxygen atoms in total. The minimum absolute atomic E-state index is 0.0167. The van der Waals surface area contributed by atoms with Gasteiger partial charge in [0.15, 0.2) is 0 Å². The molecule has 0 aliphatic carbocycles. The maximum Gasteiger partial charge on any atom is 0.352 e. The van der Waals surface area contributed by atoms with Crippen molar-refractivity contribution in [2.45, 2.75) is 4.90 Å². The summed E-state index contributed by atoms with van der Waals surface area (Å²) in [4.78, 5) is 12.8. The van der Waals surface area contributed by atoms with Crippen LogP contribution >= 0.6 is 11.6 Å². The summed E-state index contributed by atoms with van der Waals surface area (Å²) in [5.41, 5.74) is -0.151. The molecule has 1 heterocycles. The minimum atomic E-state index is -4.03. The van der Waals surface area contributed by atoms with Gasteiger partial charge in [0.1, 0.15) is 16.7 Å². The largest absolute Gasteiger partial charge is 0.477 e. The zero-order chi connectivity index (χ0) is 15.6. The quantitative estimate of drug-likeness (QED) is 0.793. The Labute approximate surface area is 124 Å². The summed E-state index contributed by atoms with van der Waals surface area (Å²) >= 11 is 5.77. The highest BCUT2D eigenvalue weighted by Gasteiger charge is 2.19. The molecule has 0 spiro atoms. The van der Waals surface area contributed by atoms with E-state index in [0.29, 0.717) is 0 Å². The summed E-state index contributed by atoms with van der Waals surface area (Å²) in [7, 11) is -4.03. The van der Waals surface area contributed by atoms with Gasteiger partial charge in [-0.05, 0) is 24.3 Å². The number of halogens is 1. The van der Waals surface area contributed by atoms with Gasteiger partial charge in [-0.25, -0.2) is 13.2 Å². The van der Waals surface area contributed by atoms with Crippen molar-refractivity contribution in [2.24, 2.45) is 0 Å². The molecule has 2 aromatic rings. The fourth-order valence-electron chi connectivity index (χ4n) is 1.56. The SMILES string of the molecule is N#Cc1ccc(Cl)cc1NS(=O)(=O)c1c[nH]c(C(=O)O)c1. The Kier molecular flexibility index (Phi) is 3.88. The Balaban J connectivity index is 2.40.